The maximum absolute atomic E-state index is 12.2. The van der Waals surface area contributed by atoms with Crippen LogP contribution in [0.4, 0.5) is 13.2 Å². The minimum Gasteiger partial charge on any atom is -0.406 e. The van der Waals surface area contributed by atoms with Gasteiger partial charge in [-0.3, -0.25) is 0 Å². The molecular formula is C16H14F3N3OS. The SMILES string of the molecule is NC(=NN=Cc1cccc(OC(F)(F)F)c1)SCc1ccccc1. The Hall–Kier alpha value is -2.48. The van der Waals surface area contributed by atoms with Crippen molar-refractivity contribution >= 4 is 23.1 Å². The molecule has 4 nitrogen and oxygen atoms in total. The smallest absolute Gasteiger partial charge is 0.406 e. The van der Waals surface area contributed by atoms with Crippen LogP contribution >= 0.6 is 11.8 Å². The van der Waals surface area contributed by atoms with Gasteiger partial charge in [-0.05, 0) is 23.3 Å². The summed E-state index contributed by atoms with van der Waals surface area (Å²) in [5, 5.41) is 7.84. The number of ether oxygens (including phenoxy) is 1. The average Bonchev–Trinajstić information content (AvgIpc) is 2.53. The first-order valence-corrected chi connectivity index (χ1v) is 7.80. The quantitative estimate of drug-likeness (QED) is 0.499. The lowest BCUT2D eigenvalue weighted by atomic mass is 10.2. The number of thioether (sulfide) groups is 1. The fraction of sp³-hybridized carbons (Fsp3) is 0.125. The topological polar surface area (TPSA) is 60.0 Å². The molecule has 0 amide bonds. The second-order valence-electron chi connectivity index (χ2n) is 4.58. The number of benzene rings is 2. The molecule has 0 aliphatic heterocycles. The Labute approximate surface area is 141 Å². The highest BCUT2D eigenvalue weighted by Crippen LogP contribution is 2.22. The molecule has 0 aliphatic carbocycles. The minimum atomic E-state index is -4.73. The molecule has 2 aromatic rings. The van der Waals surface area contributed by atoms with Crippen molar-refractivity contribution in [3.63, 3.8) is 0 Å². The Kier molecular flexibility index (Phi) is 6.25. The number of halogens is 3. The lowest BCUT2D eigenvalue weighted by Crippen LogP contribution is -2.17. The molecule has 24 heavy (non-hydrogen) atoms. The van der Waals surface area contributed by atoms with Gasteiger partial charge >= 0.3 is 6.36 Å². The van der Waals surface area contributed by atoms with E-state index in [4.69, 9.17) is 5.73 Å². The van der Waals surface area contributed by atoms with E-state index < -0.39 is 6.36 Å². The highest BCUT2D eigenvalue weighted by molar-refractivity contribution is 8.13. The van der Waals surface area contributed by atoms with Crippen LogP contribution in [0, 0.1) is 0 Å². The van der Waals surface area contributed by atoms with Crippen molar-refractivity contribution in [2.45, 2.75) is 12.1 Å². The van der Waals surface area contributed by atoms with Crippen molar-refractivity contribution in [1.82, 2.24) is 0 Å². The van der Waals surface area contributed by atoms with Crippen LogP contribution in [0.3, 0.4) is 0 Å². The van der Waals surface area contributed by atoms with Gasteiger partial charge in [-0.2, -0.15) is 5.10 Å². The van der Waals surface area contributed by atoms with E-state index in [1.807, 2.05) is 30.3 Å². The van der Waals surface area contributed by atoms with Crippen molar-refractivity contribution in [2.75, 3.05) is 0 Å². The van der Waals surface area contributed by atoms with Crippen LogP contribution in [0.1, 0.15) is 11.1 Å². The van der Waals surface area contributed by atoms with E-state index in [0.717, 1.165) is 5.56 Å². The molecule has 0 unspecified atom stereocenters. The number of hydrogen-bond acceptors (Lipinski definition) is 4. The molecule has 126 valence electrons. The second-order valence-corrected chi connectivity index (χ2v) is 5.57. The Balaban J connectivity index is 1.91. The maximum Gasteiger partial charge on any atom is 0.573 e. The highest BCUT2D eigenvalue weighted by atomic mass is 32.2. The second kappa shape index (κ2) is 8.39. The number of nitrogens with two attached hydrogens (primary N) is 1. The van der Waals surface area contributed by atoms with Gasteiger partial charge in [0.25, 0.3) is 0 Å². The molecule has 0 saturated heterocycles. The van der Waals surface area contributed by atoms with Crippen molar-refractivity contribution in [2.24, 2.45) is 15.9 Å². The summed E-state index contributed by atoms with van der Waals surface area (Å²) in [7, 11) is 0. The van der Waals surface area contributed by atoms with Crippen LogP contribution in [-0.2, 0) is 5.75 Å². The molecule has 0 atom stereocenters. The molecule has 2 N–H and O–H groups in total. The Morgan fingerprint density at radius 1 is 1.12 bits per heavy atom. The molecule has 8 heteroatoms. The van der Waals surface area contributed by atoms with Gasteiger partial charge in [-0.1, -0.05) is 54.2 Å². The first kappa shape index (κ1) is 17.9. The monoisotopic (exact) mass is 353 g/mol. The molecule has 0 heterocycles. The lowest BCUT2D eigenvalue weighted by molar-refractivity contribution is -0.274. The summed E-state index contributed by atoms with van der Waals surface area (Å²) in [6.45, 7) is 0. The predicted octanol–water partition coefficient (Wildman–Crippen LogP) is 4.17. The molecule has 0 spiro atoms. The minimum absolute atomic E-state index is 0.262. The molecule has 0 aliphatic rings. The van der Waals surface area contributed by atoms with Gasteiger partial charge in [0.15, 0.2) is 5.17 Å². The summed E-state index contributed by atoms with van der Waals surface area (Å²) in [5.41, 5.74) is 7.24. The van der Waals surface area contributed by atoms with Crippen LogP contribution in [-0.4, -0.2) is 17.7 Å². The van der Waals surface area contributed by atoms with Crippen LogP contribution in [0.25, 0.3) is 0 Å². The van der Waals surface area contributed by atoms with E-state index in [9.17, 15) is 13.2 Å². The maximum atomic E-state index is 12.2. The number of hydrogen-bond donors (Lipinski definition) is 1. The summed E-state index contributed by atoms with van der Waals surface area (Å²) < 4.78 is 40.3. The summed E-state index contributed by atoms with van der Waals surface area (Å²) in [4.78, 5) is 0. The zero-order valence-corrected chi connectivity index (χ0v) is 13.2. The van der Waals surface area contributed by atoms with Gasteiger partial charge in [0, 0.05) is 5.75 Å². The lowest BCUT2D eigenvalue weighted by Gasteiger charge is -2.08. The third-order valence-corrected chi connectivity index (χ3v) is 3.54. The normalized spacial score (nSPS) is 12.5. The third kappa shape index (κ3) is 6.74. The number of rotatable bonds is 5. The van der Waals surface area contributed by atoms with E-state index in [2.05, 4.69) is 14.9 Å². The van der Waals surface area contributed by atoms with Crippen LogP contribution in [0.5, 0.6) is 5.75 Å². The van der Waals surface area contributed by atoms with E-state index in [-0.39, 0.29) is 10.9 Å². The van der Waals surface area contributed by atoms with Gasteiger partial charge < -0.3 is 10.5 Å². The number of alkyl halides is 3. The highest BCUT2D eigenvalue weighted by Gasteiger charge is 2.30. The number of nitrogens with zero attached hydrogens (tertiary/aromatic N) is 2. The molecule has 0 bridgehead atoms. The molecule has 0 fully saturated rings. The largest absolute Gasteiger partial charge is 0.573 e. The molecule has 2 aromatic carbocycles. The fourth-order valence-electron chi connectivity index (χ4n) is 1.70. The van der Waals surface area contributed by atoms with E-state index >= 15 is 0 Å². The molecule has 0 saturated carbocycles. The molecule has 0 aromatic heterocycles. The summed E-state index contributed by atoms with van der Waals surface area (Å²) in [5.74, 6) is 0.336. The van der Waals surface area contributed by atoms with Crippen LogP contribution in [0.2, 0.25) is 0 Å². The number of amidine groups is 1. The molecular weight excluding hydrogens is 339 g/mol. The van der Waals surface area contributed by atoms with Gasteiger partial charge in [0.2, 0.25) is 0 Å². The summed E-state index contributed by atoms with van der Waals surface area (Å²) >= 11 is 1.32. The van der Waals surface area contributed by atoms with Gasteiger partial charge in [0.05, 0.1) is 6.21 Å². The van der Waals surface area contributed by atoms with Crippen molar-refractivity contribution < 1.29 is 17.9 Å². The van der Waals surface area contributed by atoms with E-state index in [1.165, 1.54) is 36.2 Å². The third-order valence-electron chi connectivity index (χ3n) is 2.68. The Morgan fingerprint density at radius 2 is 1.88 bits per heavy atom. The summed E-state index contributed by atoms with van der Waals surface area (Å²) in [6, 6.07) is 15.1. The Morgan fingerprint density at radius 3 is 2.58 bits per heavy atom. The first-order chi connectivity index (χ1) is 11.4. The Bertz CT molecular complexity index is 718. The summed E-state index contributed by atoms with van der Waals surface area (Å²) in [6.07, 6.45) is -3.43. The molecule has 2 rings (SSSR count). The van der Waals surface area contributed by atoms with Crippen molar-refractivity contribution in [3.8, 4) is 5.75 Å². The molecule has 0 radical (unpaired) electrons. The van der Waals surface area contributed by atoms with Crippen LogP contribution in [0.15, 0.2) is 64.8 Å². The van der Waals surface area contributed by atoms with Gasteiger partial charge in [-0.15, -0.1) is 18.3 Å². The first-order valence-electron chi connectivity index (χ1n) is 6.81. The predicted molar refractivity (Wildman–Crippen MR) is 90.1 cm³/mol. The zero-order valence-electron chi connectivity index (χ0n) is 12.4. The fourth-order valence-corrected chi connectivity index (χ4v) is 2.32. The van der Waals surface area contributed by atoms with E-state index in [0.29, 0.717) is 11.3 Å². The van der Waals surface area contributed by atoms with Crippen molar-refractivity contribution in [3.05, 3.63) is 65.7 Å². The zero-order chi connectivity index (χ0) is 17.4. The van der Waals surface area contributed by atoms with E-state index in [1.54, 1.807) is 6.07 Å². The average molecular weight is 353 g/mol. The van der Waals surface area contributed by atoms with Gasteiger partial charge in [-0.25, -0.2) is 0 Å². The standard InChI is InChI=1S/C16H14F3N3OS/c17-16(18,19)23-14-8-4-7-13(9-14)10-21-22-15(20)24-11-12-5-2-1-3-6-12/h1-10H,11H2,(H2,20,22). The van der Waals surface area contributed by atoms with Crippen molar-refractivity contribution in [1.29, 1.82) is 0 Å². The van der Waals surface area contributed by atoms with Gasteiger partial charge in [0.1, 0.15) is 5.75 Å². The van der Waals surface area contributed by atoms with Crippen LogP contribution < -0.4 is 10.5 Å².